The number of benzene rings is 2. The lowest BCUT2D eigenvalue weighted by molar-refractivity contribution is -0.121. The Hall–Kier alpha value is -1.65. The molecule has 0 bridgehead atoms. The van der Waals surface area contributed by atoms with Gasteiger partial charge in [-0.15, -0.1) is 0 Å². The summed E-state index contributed by atoms with van der Waals surface area (Å²) in [7, 11) is 0. The molecule has 2 aromatic rings. The fourth-order valence-corrected chi connectivity index (χ4v) is 3.63. The highest BCUT2D eigenvalue weighted by Crippen LogP contribution is 2.21. The third-order valence-electron chi connectivity index (χ3n) is 4.49. The van der Waals surface area contributed by atoms with Crippen molar-refractivity contribution in [1.29, 1.82) is 0 Å². The van der Waals surface area contributed by atoms with Gasteiger partial charge in [0, 0.05) is 23.2 Å². The van der Waals surface area contributed by atoms with Gasteiger partial charge in [0.05, 0.1) is 5.92 Å². The number of piperidine rings is 1. The molecule has 126 valence electrons. The molecule has 1 atom stereocenters. The fraction of sp³-hybridized carbons (Fsp3) is 0.350. The van der Waals surface area contributed by atoms with Crippen LogP contribution in [0.5, 0.6) is 0 Å². The van der Waals surface area contributed by atoms with Gasteiger partial charge in [0.15, 0.2) is 0 Å². The molecule has 1 aliphatic rings. The normalized spacial score (nSPS) is 18.3. The van der Waals surface area contributed by atoms with Gasteiger partial charge >= 0.3 is 0 Å². The summed E-state index contributed by atoms with van der Waals surface area (Å²) >= 11 is 3.52. The number of nitrogens with zero attached hydrogens (tertiary/aromatic N) is 1. The van der Waals surface area contributed by atoms with Gasteiger partial charge in [0.2, 0.25) is 5.91 Å². The molecule has 4 heteroatoms. The van der Waals surface area contributed by atoms with E-state index in [-0.39, 0.29) is 11.8 Å². The number of likely N-dealkylation sites (tertiary alicyclic amines) is 1. The number of hydrogen-bond acceptors (Lipinski definition) is 2. The van der Waals surface area contributed by atoms with E-state index in [9.17, 15) is 4.79 Å². The minimum absolute atomic E-state index is 0.0622. The highest BCUT2D eigenvalue weighted by molar-refractivity contribution is 9.10. The standard InChI is InChI=1S/C20H23BrN2O/c1-15-7-9-19(10-8-15)22-20(24)17-5-3-11-23(14-17)13-16-4-2-6-18(21)12-16/h2,4,6-10,12,17H,3,5,11,13-14H2,1H3,(H,22,24). The van der Waals surface area contributed by atoms with Crippen molar-refractivity contribution in [2.45, 2.75) is 26.3 Å². The first kappa shape index (κ1) is 17.2. The minimum Gasteiger partial charge on any atom is -0.326 e. The summed E-state index contributed by atoms with van der Waals surface area (Å²) in [5.74, 6) is 0.199. The lowest BCUT2D eigenvalue weighted by atomic mass is 9.96. The van der Waals surface area contributed by atoms with E-state index in [1.165, 1.54) is 11.1 Å². The van der Waals surface area contributed by atoms with Crippen molar-refractivity contribution in [2.24, 2.45) is 5.92 Å². The Kier molecular flexibility index (Phi) is 5.69. The second-order valence-electron chi connectivity index (χ2n) is 6.56. The molecular formula is C20H23BrN2O. The third-order valence-corrected chi connectivity index (χ3v) is 4.98. The number of carbonyl (C=O) groups is 1. The van der Waals surface area contributed by atoms with Crippen molar-refractivity contribution in [2.75, 3.05) is 18.4 Å². The van der Waals surface area contributed by atoms with Gasteiger partial charge in [0.1, 0.15) is 0 Å². The number of amides is 1. The monoisotopic (exact) mass is 386 g/mol. The number of hydrogen-bond donors (Lipinski definition) is 1. The summed E-state index contributed by atoms with van der Waals surface area (Å²) in [6.45, 7) is 4.82. The average Bonchev–Trinajstić information content (AvgIpc) is 2.57. The number of rotatable bonds is 4. The molecule has 3 rings (SSSR count). The Bertz CT molecular complexity index is 699. The van der Waals surface area contributed by atoms with Crippen LogP contribution in [0.3, 0.4) is 0 Å². The van der Waals surface area contributed by atoms with Gasteiger partial charge < -0.3 is 5.32 Å². The van der Waals surface area contributed by atoms with Gasteiger partial charge in [-0.2, -0.15) is 0 Å². The molecule has 3 nitrogen and oxygen atoms in total. The fourth-order valence-electron chi connectivity index (χ4n) is 3.19. The Morgan fingerprint density at radius 2 is 2.04 bits per heavy atom. The third kappa shape index (κ3) is 4.68. The van der Waals surface area contributed by atoms with E-state index in [0.29, 0.717) is 0 Å². The van der Waals surface area contributed by atoms with E-state index in [2.05, 4.69) is 44.3 Å². The van der Waals surface area contributed by atoms with Gasteiger partial charge in [-0.25, -0.2) is 0 Å². The minimum atomic E-state index is 0.0622. The van der Waals surface area contributed by atoms with Crippen LogP contribution in [0, 0.1) is 12.8 Å². The Labute approximate surface area is 152 Å². The molecule has 24 heavy (non-hydrogen) atoms. The van der Waals surface area contributed by atoms with E-state index < -0.39 is 0 Å². The van der Waals surface area contributed by atoms with Gasteiger partial charge in [-0.1, -0.05) is 45.8 Å². The molecule has 2 aromatic carbocycles. The maximum absolute atomic E-state index is 12.6. The Morgan fingerprint density at radius 3 is 2.79 bits per heavy atom. The molecule has 1 aliphatic heterocycles. The summed E-state index contributed by atoms with van der Waals surface area (Å²) in [4.78, 5) is 14.9. The van der Waals surface area contributed by atoms with Crippen LogP contribution in [-0.4, -0.2) is 23.9 Å². The van der Waals surface area contributed by atoms with E-state index in [4.69, 9.17) is 0 Å². The SMILES string of the molecule is Cc1ccc(NC(=O)C2CCCN(Cc3cccc(Br)c3)C2)cc1. The molecule has 0 aromatic heterocycles. The maximum Gasteiger partial charge on any atom is 0.228 e. The average molecular weight is 387 g/mol. The smallest absolute Gasteiger partial charge is 0.228 e. The highest BCUT2D eigenvalue weighted by Gasteiger charge is 2.25. The van der Waals surface area contributed by atoms with Gasteiger partial charge in [-0.05, 0) is 56.1 Å². The summed E-state index contributed by atoms with van der Waals surface area (Å²) in [6, 6.07) is 16.4. The predicted octanol–water partition coefficient (Wildman–Crippen LogP) is 4.61. The molecule has 1 N–H and O–H groups in total. The van der Waals surface area contributed by atoms with E-state index in [0.717, 1.165) is 42.6 Å². The van der Waals surface area contributed by atoms with Crippen LogP contribution in [0.15, 0.2) is 53.0 Å². The summed E-state index contributed by atoms with van der Waals surface area (Å²) in [5, 5.41) is 3.06. The first-order valence-corrected chi connectivity index (χ1v) is 9.24. The lowest BCUT2D eigenvalue weighted by Gasteiger charge is -2.32. The zero-order chi connectivity index (χ0) is 16.9. The van der Waals surface area contributed by atoms with E-state index in [1.807, 2.05) is 37.3 Å². The Morgan fingerprint density at radius 1 is 1.25 bits per heavy atom. The Balaban J connectivity index is 1.58. The maximum atomic E-state index is 12.6. The van der Waals surface area contributed by atoms with Crippen molar-refractivity contribution < 1.29 is 4.79 Å². The van der Waals surface area contributed by atoms with Crippen LogP contribution in [0.25, 0.3) is 0 Å². The molecule has 0 radical (unpaired) electrons. The molecule has 0 saturated carbocycles. The van der Waals surface area contributed by atoms with Crippen molar-refractivity contribution in [1.82, 2.24) is 4.90 Å². The van der Waals surface area contributed by atoms with E-state index in [1.54, 1.807) is 0 Å². The molecule has 0 spiro atoms. The first-order valence-electron chi connectivity index (χ1n) is 8.44. The number of anilines is 1. The van der Waals surface area contributed by atoms with Crippen LogP contribution in [0.4, 0.5) is 5.69 Å². The van der Waals surface area contributed by atoms with Gasteiger partial charge in [0.25, 0.3) is 0 Å². The van der Waals surface area contributed by atoms with Crippen LogP contribution < -0.4 is 5.32 Å². The van der Waals surface area contributed by atoms with Crippen LogP contribution in [0.1, 0.15) is 24.0 Å². The molecule has 1 saturated heterocycles. The topological polar surface area (TPSA) is 32.3 Å². The number of carbonyl (C=O) groups excluding carboxylic acids is 1. The van der Waals surface area contributed by atoms with Crippen molar-refractivity contribution in [3.8, 4) is 0 Å². The van der Waals surface area contributed by atoms with Crippen molar-refractivity contribution in [3.63, 3.8) is 0 Å². The zero-order valence-corrected chi connectivity index (χ0v) is 15.6. The second kappa shape index (κ2) is 7.95. The quantitative estimate of drug-likeness (QED) is 0.831. The lowest BCUT2D eigenvalue weighted by Crippen LogP contribution is -2.40. The van der Waals surface area contributed by atoms with E-state index >= 15 is 0 Å². The largest absolute Gasteiger partial charge is 0.326 e. The van der Waals surface area contributed by atoms with Crippen LogP contribution in [-0.2, 0) is 11.3 Å². The van der Waals surface area contributed by atoms with Crippen molar-refractivity contribution in [3.05, 3.63) is 64.1 Å². The number of nitrogens with one attached hydrogen (secondary N) is 1. The van der Waals surface area contributed by atoms with Crippen LogP contribution in [0.2, 0.25) is 0 Å². The molecule has 1 unspecified atom stereocenters. The van der Waals surface area contributed by atoms with Crippen LogP contribution >= 0.6 is 15.9 Å². The molecule has 1 amide bonds. The summed E-state index contributed by atoms with van der Waals surface area (Å²) in [5.41, 5.74) is 3.37. The molecule has 1 fully saturated rings. The molecular weight excluding hydrogens is 364 g/mol. The zero-order valence-electron chi connectivity index (χ0n) is 14.0. The van der Waals surface area contributed by atoms with Gasteiger partial charge in [-0.3, -0.25) is 9.69 Å². The summed E-state index contributed by atoms with van der Waals surface area (Å²) in [6.07, 6.45) is 2.03. The summed E-state index contributed by atoms with van der Waals surface area (Å²) < 4.78 is 1.10. The highest BCUT2D eigenvalue weighted by atomic mass is 79.9. The first-order chi connectivity index (χ1) is 11.6. The van der Waals surface area contributed by atoms with Crippen molar-refractivity contribution >= 4 is 27.5 Å². The predicted molar refractivity (Wildman–Crippen MR) is 102 cm³/mol. The second-order valence-corrected chi connectivity index (χ2v) is 7.48. The number of halogens is 1. The number of aryl methyl sites for hydroxylation is 1. The molecule has 1 heterocycles. The molecule has 0 aliphatic carbocycles.